The van der Waals surface area contributed by atoms with Crippen LogP contribution in [0, 0.1) is 0 Å². The second-order valence-corrected chi connectivity index (χ2v) is 5.83. The van der Waals surface area contributed by atoms with Gasteiger partial charge in [0.1, 0.15) is 24.4 Å². The van der Waals surface area contributed by atoms with Crippen molar-refractivity contribution in [3.05, 3.63) is 0 Å². The van der Waals surface area contributed by atoms with Crippen molar-refractivity contribution >= 4 is 5.97 Å². The first-order chi connectivity index (χ1) is 11.0. The standard InChI is InChI=1S/C15H28O8/c16-9-10-12(19)13(20)14(21)15(23-10)22-8-6-4-2-1-3-5-7-11(17)18/h10,12-16,19-21H,1-9H2,(H,17,18)/t10-,12-,13-,14-,15-/m0/s1. The Hall–Kier alpha value is -0.770. The van der Waals surface area contributed by atoms with Crippen molar-refractivity contribution in [1.82, 2.24) is 0 Å². The van der Waals surface area contributed by atoms with Crippen molar-refractivity contribution in [1.29, 1.82) is 0 Å². The van der Waals surface area contributed by atoms with Gasteiger partial charge in [0.25, 0.3) is 0 Å². The quantitative estimate of drug-likeness (QED) is 0.322. The van der Waals surface area contributed by atoms with Gasteiger partial charge in [-0.2, -0.15) is 0 Å². The minimum Gasteiger partial charge on any atom is -0.481 e. The maximum atomic E-state index is 10.3. The average molecular weight is 336 g/mol. The number of aliphatic hydroxyl groups is 4. The van der Waals surface area contributed by atoms with Crippen LogP contribution in [0.1, 0.15) is 44.9 Å². The topological polar surface area (TPSA) is 137 Å². The Bertz CT molecular complexity index is 335. The Morgan fingerprint density at radius 1 is 0.913 bits per heavy atom. The lowest BCUT2D eigenvalue weighted by Gasteiger charge is -2.39. The molecule has 1 aliphatic rings. The summed E-state index contributed by atoms with van der Waals surface area (Å²) in [4.78, 5) is 10.3. The molecule has 5 atom stereocenters. The molecule has 0 amide bonds. The fraction of sp³-hybridized carbons (Fsp3) is 0.933. The molecule has 23 heavy (non-hydrogen) atoms. The molecule has 0 unspecified atom stereocenters. The summed E-state index contributed by atoms with van der Waals surface area (Å²) >= 11 is 0. The van der Waals surface area contributed by atoms with Crippen molar-refractivity contribution in [3.63, 3.8) is 0 Å². The number of carbonyl (C=O) groups is 1. The number of ether oxygens (including phenoxy) is 2. The van der Waals surface area contributed by atoms with E-state index >= 15 is 0 Å². The predicted octanol–water partition coefficient (Wildman–Crippen LogP) is -0.382. The van der Waals surface area contributed by atoms with Crippen LogP contribution in [0.15, 0.2) is 0 Å². The van der Waals surface area contributed by atoms with Crippen LogP contribution in [0.4, 0.5) is 0 Å². The first-order valence-corrected chi connectivity index (χ1v) is 8.11. The summed E-state index contributed by atoms with van der Waals surface area (Å²) < 4.78 is 10.6. The molecule has 0 aromatic heterocycles. The van der Waals surface area contributed by atoms with E-state index in [9.17, 15) is 20.1 Å². The lowest BCUT2D eigenvalue weighted by molar-refractivity contribution is -0.301. The van der Waals surface area contributed by atoms with Gasteiger partial charge in [0, 0.05) is 13.0 Å². The van der Waals surface area contributed by atoms with E-state index in [0.29, 0.717) is 13.0 Å². The first-order valence-electron chi connectivity index (χ1n) is 8.11. The second-order valence-electron chi connectivity index (χ2n) is 5.83. The summed E-state index contributed by atoms with van der Waals surface area (Å²) in [7, 11) is 0. The molecule has 136 valence electrons. The number of hydrogen-bond donors (Lipinski definition) is 5. The largest absolute Gasteiger partial charge is 0.481 e. The fourth-order valence-electron chi connectivity index (χ4n) is 2.49. The Balaban J connectivity index is 2.09. The smallest absolute Gasteiger partial charge is 0.303 e. The number of aliphatic hydroxyl groups excluding tert-OH is 4. The van der Waals surface area contributed by atoms with E-state index in [1.165, 1.54) is 0 Å². The highest BCUT2D eigenvalue weighted by atomic mass is 16.7. The van der Waals surface area contributed by atoms with Crippen LogP contribution in [-0.2, 0) is 14.3 Å². The van der Waals surface area contributed by atoms with Gasteiger partial charge in [-0.05, 0) is 12.8 Å². The van der Waals surface area contributed by atoms with Gasteiger partial charge in [-0.15, -0.1) is 0 Å². The zero-order valence-electron chi connectivity index (χ0n) is 13.2. The van der Waals surface area contributed by atoms with Gasteiger partial charge >= 0.3 is 5.97 Å². The minimum absolute atomic E-state index is 0.209. The second kappa shape index (κ2) is 10.9. The van der Waals surface area contributed by atoms with Gasteiger partial charge in [0.05, 0.1) is 6.61 Å². The van der Waals surface area contributed by atoms with E-state index in [1.54, 1.807) is 0 Å². The SMILES string of the molecule is O=C(O)CCCCCCCCO[C@H]1O[C@@H](CO)[C@H](O)[C@H](O)[C@@H]1O. The van der Waals surface area contributed by atoms with E-state index < -0.39 is 43.3 Å². The molecule has 0 radical (unpaired) electrons. The van der Waals surface area contributed by atoms with Gasteiger partial charge in [0.2, 0.25) is 0 Å². The van der Waals surface area contributed by atoms with Crippen LogP contribution in [0.3, 0.4) is 0 Å². The highest BCUT2D eigenvalue weighted by Crippen LogP contribution is 2.22. The lowest BCUT2D eigenvalue weighted by Crippen LogP contribution is -2.59. The Morgan fingerprint density at radius 2 is 1.52 bits per heavy atom. The van der Waals surface area contributed by atoms with E-state index in [-0.39, 0.29) is 6.42 Å². The molecule has 0 saturated carbocycles. The number of hydrogen-bond acceptors (Lipinski definition) is 7. The first kappa shape index (κ1) is 20.3. The number of aliphatic carboxylic acids is 1. The molecular formula is C15H28O8. The molecule has 8 heteroatoms. The summed E-state index contributed by atoms with van der Waals surface area (Å²) in [6.45, 7) is -0.140. The molecule has 0 bridgehead atoms. The Morgan fingerprint density at radius 3 is 2.13 bits per heavy atom. The summed E-state index contributed by atoms with van der Waals surface area (Å²) in [5.41, 5.74) is 0. The highest BCUT2D eigenvalue weighted by Gasteiger charge is 2.43. The van der Waals surface area contributed by atoms with Crippen molar-refractivity contribution in [2.75, 3.05) is 13.2 Å². The number of carboxylic acids is 1. The normalized spacial score (nSPS) is 31.2. The maximum Gasteiger partial charge on any atom is 0.303 e. The van der Waals surface area contributed by atoms with Crippen LogP contribution in [0.2, 0.25) is 0 Å². The highest BCUT2D eigenvalue weighted by molar-refractivity contribution is 5.66. The van der Waals surface area contributed by atoms with Crippen LogP contribution in [-0.4, -0.2) is 75.4 Å². The molecule has 0 aliphatic carbocycles. The summed E-state index contributed by atoms with van der Waals surface area (Å²) in [6, 6.07) is 0. The van der Waals surface area contributed by atoms with Gasteiger partial charge in [-0.25, -0.2) is 0 Å². The molecule has 8 nitrogen and oxygen atoms in total. The third-order valence-electron chi connectivity index (χ3n) is 3.92. The molecule has 1 rings (SSSR count). The van der Waals surface area contributed by atoms with Crippen molar-refractivity contribution < 1.29 is 39.8 Å². The third kappa shape index (κ3) is 7.11. The fourth-order valence-corrected chi connectivity index (χ4v) is 2.49. The summed E-state index contributed by atoms with van der Waals surface area (Å²) in [5.74, 6) is -0.766. The van der Waals surface area contributed by atoms with E-state index in [0.717, 1.165) is 32.1 Å². The van der Waals surface area contributed by atoms with E-state index in [1.807, 2.05) is 0 Å². The molecule has 1 aliphatic heterocycles. The monoisotopic (exact) mass is 336 g/mol. The van der Waals surface area contributed by atoms with Crippen molar-refractivity contribution in [2.24, 2.45) is 0 Å². The van der Waals surface area contributed by atoms with Crippen LogP contribution in [0.5, 0.6) is 0 Å². The van der Waals surface area contributed by atoms with Crippen molar-refractivity contribution in [2.45, 2.75) is 75.7 Å². The molecule has 1 saturated heterocycles. The minimum atomic E-state index is -1.42. The third-order valence-corrected chi connectivity index (χ3v) is 3.92. The van der Waals surface area contributed by atoms with Crippen LogP contribution < -0.4 is 0 Å². The summed E-state index contributed by atoms with van der Waals surface area (Å²) in [5, 5.41) is 46.6. The zero-order valence-corrected chi connectivity index (χ0v) is 13.2. The molecule has 0 aromatic carbocycles. The number of carboxylic acid groups (broad SMARTS) is 1. The van der Waals surface area contributed by atoms with Crippen LogP contribution in [0.25, 0.3) is 0 Å². The molecule has 0 spiro atoms. The number of rotatable bonds is 11. The van der Waals surface area contributed by atoms with Crippen molar-refractivity contribution in [3.8, 4) is 0 Å². The maximum absolute atomic E-state index is 10.3. The van der Waals surface area contributed by atoms with Gasteiger partial charge in [0.15, 0.2) is 6.29 Å². The van der Waals surface area contributed by atoms with Crippen LogP contribution >= 0.6 is 0 Å². The summed E-state index contributed by atoms with van der Waals surface area (Å²) in [6.07, 6.45) is -0.793. The Labute approximate surface area is 135 Å². The van der Waals surface area contributed by atoms with E-state index in [2.05, 4.69) is 0 Å². The molecule has 1 fully saturated rings. The molecular weight excluding hydrogens is 308 g/mol. The lowest BCUT2D eigenvalue weighted by atomic mass is 9.99. The predicted molar refractivity (Wildman–Crippen MR) is 79.7 cm³/mol. The van der Waals surface area contributed by atoms with Gasteiger partial charge in [-0.3, -0.25) is 4.79 Å². The van der Waals surface area contributed by atoms with Gasteiger partial charge < -0.3 is 35.0 Å². The number of unbranched alkanes of at least 4 members (excludes halogenated alkanes) is 5. The molecule has 1 heterocycles. The Kier molecular flexibility index (Phi) is 9.61. The molecule has 0 aromatic rings. The zero-order chi connectivity index (χ0) is 17.2. The average Bonchev–Trinajstić information content (AvgIpc) is 2.52. The van der Waals surface area contributed by atoms with E-state index in [4.69, 9.17) is 19.7 Å². The molecule has 5 N–H and O–H groups in total. The van der Waals surface area contributed by atoms with Gasteiger partial charge in [-0.1, -0.05) is 25.7 Å².